The largest absolute Gasteiger partial charge is 0.508 e. The number of ether oxygens (including phenoxy) is 1. The number of nitrogens with zero attached hydrogens (tertiary/aromatic N) is 2. The number of esters is 1. The van der Waals surface area contributed by atoms with E-state index in [1.54, 1.807) is 51.1 Å². The van der Waals surface area contributed by atoms with Gasteiger partial charge < -0.3 is 20.5 Å². The van der Waals surface area contributed by atoms with Crippen LogP contribution in [0.25, 0.3) is 22.5 Å². The van der Waals surface area contributed by atoms with E-state index in [4.69, 9.17) is 4.74 Å². The van der Waals surface area contributed by atoms with E-state index in [9.17, 15) is 23.9 Å². The number of benzene rings is 2. The van der Waals surface area contributed by atoms with Gasteiger partial charge >= 0.3 is 5.97 Å². The molecule has 0 fully saturated rings. The molecular weight excluding hydrogens is 607 g/mol. The van der Waals surface area contributed by atoms with Gasteiger partial charge in [0.15, 0.2) is 5.82 Å². The minimum atomic E-state index is -0.987. The fraction of sp³-hybridized carbons (Fsp3) is 0.343. The first-order chi connectivity index (χ1) is 21.5. The molecule has 4 aromatic rings. The average Bonchev–Trinajstić information content (AvgIpc) is 3.48. The Morgan fingerprint density at radius 3 is 2.13 bits per heavy atom. The SMILES string of the molecule is C[C@@H](NC(=O)[C@H](Cc1ccc(-c2ncc(-c3ccc(O)cc3F)cn2)cc1)NC(=O)c1ccc(C(C)(C)C)s1)C(=O)OC(C)(C)C. The van der Waals surface area contributed by atoms with Crippen LogP contribution in [0.5, 0.6) is 5.75 Å². The van der Waals surface area contributed by atoms with Crippen LogP contribution < -0.4 is 10.6 Å². The van der Waals surface area contributed by atoms with E-state index in [1.807, 2.05) is 6.07 Å². The van der Waals surface area contributed by atoms with Gasteiger partial charge in [0.05, 0.1) is 4.88 Å². The zero-order valence-electron chi connectivity index (χ0n) is 27.0. The number of halogens is 1. The fourth-order valence-corrected chi connectivity index (χ4v) is 5.41. The van der Waals surface area contributed by atoms with Crippen molar-refractivity contribution in [2.24, 2.45) is 0 Å². The molecule has 242 valence electrons. The molecule has 0 unspecified atom stereocenters. The highest BCUT2D eigenvalue weighted by molar-refractivity contribution is 7.14. The van der Waals surface area contributed by atoms with Gasteiger partial charge in [0.25, 0.3) is 5.91 Å². The van der Waals surface area contributed by atoms with Crippen LogP contribution in [0.3, 0.4) is 0 Å². The maximum atomic E-state index is 14.3. The summed E-state index contributed by atoms with van der Waals surface area (Å²) in [5, 5.41) is 15.0. The van der Waals surface area contributed by atoms with Gasteiger partial charge in [-0.2, -0.15) is 0 Å². The lowest BCUT2D eigenvalue weighted by atomic mass is 9.95. The van der Waals surface area contributed by atoms with Gasteiger partial charge in [-0.15, -0.1) is 11.3 Å². The first-order valence-electron chi connectivity index (χ1n) is 14.8. The molecule has 11 heteroatoms. The van der Waals surface area contributed by atoms with Crippen molar-refractivity contribution in [3.8, 4) is 28.3 Å². The van der Waals surface area contributed by atoms with Crippen LogP contribution in [-0.2, 0) is 26.2 Å². The fourth-order valence-electron chi connectivity index (χ4n) is 4.44. The van der Waals surface area contributed by atoms with E-state index in [0.717, 1.165) is 16.5 Å². The lowest BCUT2D eigenvalue weighted by molar-refractivity contribution is -0.158. The monoisotopic (exact) mass is 646 g/mol. The summed E-state index contributed by atoms with van der Waals surface area (Å²) in [6, 6.07) is 12.8. The Kier molecular flexibility index (Phi) is 10.3. The van der Waals surface area contributed by atoms with Gasteiger partial charge in [-0.1, -0.05) is 45.0 Å². The first kappa shape index (κ1) is 34.2. The zero-order chi connectivity index (χ0) is 33.8. The molecule has 0 saturated heterocycles. The lowest BCUT2D eigenvalue weighted by Crippen LogP contribution is -2.52. The summed E-state index contributed by atoms with van der Waals surface area (Å²) in [7, 11) is 0. The van der Waals surface area contributed by atoms with Crippen LogP contribution in [0.1, 0.15) is 68.6 Å². The Balaban J connectivity index is 1.52. The molecule has 0 aliphatic heterocycles. The molecule has 2 aromatic heterocycles. The Labute approximate surface area is 272 Å². The molecule has 4 rings (SSSR count). The predicted molar refractivity (Wildman–Crippen MR) is 176 cm³/mol. The summed E-state index contributed by atoms with van der Waals surface area (Å²) in [5.74, 6) is -1.83. The van der Waals surface area contributed by atoms with Gasteiger partial charge in [0.2, 0.25) is 5.91 Å². The normalized spacial score (nSPS) is 13.0. The maximum absolute atomic E-state index is 14.3. The number of carbonyl (C=O) groups is 3. The number of nitrogens with one attached hydrogen (secondary N) is 2. The summed E-state index contributed by atoms with van der Waals surface area (Å²) in [6.07, 6.45) is 3.16. The third-order valence-corrected chi connectivity index (χ3v) is 8.39. The standard InChI is InChI=1S/C35H39FN4O5S/c1-20(33(44)45-35(5,6)7)39-31(42)27(40-32(43)28-14-15-29(46-28)34(2,3)4)16-21-8-10-22(11-9-21)30-37-18-23(19-38-30)25-13-12-24(41)17-26(25)36/h8-15,17-20,27,41H,16H2,1-7H3,(H,39,42)(H,40,43)/t20-,27+/m1/s1. The van der Waals surface area contributed by atoms with Crippen molar-refractivity contribution in [1.82, 2.24) is 20.6 Å². The van der Waals surface area contributed by atoms with Crippen LogP contribution in [0, 0.1) is 5.82 Å². The molecule has 0 aliphatic rings. The van der Waals surface area contributed by atoms with Crippen LogP contribution in [-0.4, -0.2) is 50.5 Å². The molecule has 0 radical (unpaired) electrons. The summed E-state index contributed by atoms with van der Waals surface area (Å²) < 4.78 is 19.7. The number of phenolic OH excluding ortho intramolecular Hbond substituents is 1. The minimum Gasteiger partial charge on any atom is -0.508 e. The van der Waals surface area contributed by atoms with Gasteiger partial charge in [-0.3, -0.25) is 9.59 Å². The Morgan fingerprint density at radius 1 is 0.913 bits per heavy atom. The second kappa shape index (κ2) is 13.8. The van der Waals surface area contributed by atoms with Crippen molar-refractivity contribution in [3.63, 3.8) is 0 Å². The van der Waals surface area contributed by atoms with E-state index in [-0.39, 0.29) is 29.1 Å². The van der Waals surface area contributed by atoms with Crippen LogP contribution >= 0.6 is 11.3 Å². The maximum Gasteiger partial charge on any atom is 0.328 e. The number of amides is 2. The van der Waals surface area contributed by atoms with E-state index in [2.05, 4.69) is 41.4 Å². The number of hydrogen-bond donors (Lipinski definition) is 3. The van der Waals surface area contributed by atoms with Gasteiger partial charge in [0.1, 0.15) is 29.3 Å². The molecule has 2 heterocycles. The molecular formula is C35H39FN4O5S. The van der Waals surface area contributed by atoms with Gasteiger partial charge in [-0.05, 0) is 62.9 Å². The molecule has 0 spiro atoms. The van der Waals surface area contributed by atoms with Crippen LogP contribution in [0.4, 0.5) is 4.39 Å². The highest BCUT2D eigenvalue weighted by Gasteiger charge is 2.29. The molecule has 9 nitrogen and oxygen atoms in total. The highest BCUT2D eigenvalue weighted by atomic mass is 32.1. The number of rotatable bonds is 9. The number of aromatic nitrogens is 2. The quantitative estimate of drug-likeness (QED) is 0.185. The molecule has 2 atom stereocenters. The number of carbonyl (C=O) groups excluding carboxylic acids is 3. The van der Waals surface area contributed by atoms with Gasteiger partial charge in [0, 0.05) is 46.4 Å². The van der Waals surface area contributed by atoms with Crippen molar-refractivity contribution < 1.29 is 28.6 Å². The average molecular weight is 647 g/mol. The lowest BCUT2D eigenvalue weighted by Gasteiger charge is -2.24. The molecule has 3 N–H and O–H groups in total. The Morgan fingerprint density at radius 2 is 1.57 bits per heavy atom. The van der Waals surface area contributed by atoms with E-state index >= 15 is 0 Å². The summed E-state index contributed by atoms with van der Waals surface area (Å²) in [4.78, 5) is 49.5. The number of thiophene rings is 1. The molecule has 46 heavy (non-hydrogen) atoms. The van der Waals surface area contributed by atoms with Crippen molar-refractivity contribution in [1.29, 1.82) is 0 Å². The second-order valence-electron chi connectivity index (χ2n) is 13.1. The van der Waals surface area contributed by atoms with E-state index < -0.39 is 35.4 Å². The summed E-state index contributed by atoms with van der Waals surface area (Å²) in [6.45, 7) is 13.0. The predicted octanol–water partition coefficient (Wildman–Crippen LogP) is 6.20. The van der Waals surface area contributed by atoms with Crippen molar-refractivity contribution in [2.75, 3.05) is 0 Å². The minimum absolute atomic E-state index is 0.129. The zero-order valence-corrected chi connectivity index (χ0v) is 27.8. The summed E-state index contributed by atoms with van der Waals surface area (Å²) >= 11 is 1.37. The summed E-state index contributed by atoms with van der Waals surface area (Å²) in [5.41, 5.74) is 1.32. The molecule has 0 aliphatic carbocycles. The third kappa shape index (κ3) is 8.97. The van der Waals surface area contributed by atoms with E-state index in [0.29, 0.717) is 21.8 Å². The molecule has 2 amide bonds. The topological polar surface area (TPSA) is 131 Å². The Hall–Kier alpha value is -4.64. The highest BCUT2D eigenvalue weighted by Crippen LogP contribution is 2.30. The Bertz CT molecular complexity index is 1710. The van der Waals surface area contributed by atoms with Crippen LogP contribution in [0.15, 0.2) is 67.0 Å². The number of hydrogen-bond acceptors (Lipinski definition) is 8. The van der Waals surface area contributed by atoms with E-state index in [1.165, 1.54) is 42.8 Å². The van der Waals surface area contributed by atoms with Gasteiger partial charge in [-0.25, -0.2) is 19.2 Å². The smallest absolute Gasteiger partial charge is 0.328 e. The molecule has 0 saturated carbocycles. The van der Waals surface area contributed by atoms with Crippen LogP contribution in [0.2, 0.25) is 0 Å². The molecule has 2 aromatic carbocycles. The van der Waals surface area contributed by atoms with Crippen molar-refractivity contribution in [3.05, 3.63) is 88.1 Å². The second-order valence-corrected chi connectivity index (χ2v) is 14.1. The van der Waals surface area contributed by atoms with Crippen molar-refractivity contribution in [2.45, 2.75) is 78.0 Å². The third-order valence-electron chi connectivity index (χ3n) is 6.88. The number of aromatic hydroxyl groups is 1. The van der Waals surface area contributed by atoms with Crippen molar-refractivity contribution >= 4 is 29.1 Å². The molecule has 0 bridgehead atoms. The first-order valence-corrected chi connectivity index (χ1v) is 15.7. The number of phenols is 1.